The first-order chi connectivity index (χ1) is 13.0. The molecule has 4 rings (SSSR count). The van der Waals surface area contributed by atoms with Gasteiger partial charge in [-0.3, -0.25) is 0 Å². The largest absolute Gasteiger partial charge is 0.508 e. The van der Waals surface area contributed by atoms with Crippen LogP contribution in [0.5, 0.6) is 11.5 Å². The number of aromatic hydroxyl groups is 1. The Balaban J connectivity index is 1.72. The molecular weight excluding hydrogens is 344 g/mol. The molecule has 0 fully saturated rings. The van der Waals surface area contributed by atoms with Crippen molar-refractivity contribution in [2.45, 2.75) is 0 Å². The summed E-state index contributed by atoms with van der Waals surface area (Å²) in [6.07, 6.45) is 0. The quantitative estimate of drug-likeness (QED) is 0.412. The number of aromatic carboxylic acids is 1. The van der Waals surface area contributed by atoms with Gasteiger partial charge in [0.05, 0.1) is 5.56 Å². The van der Waals surface area contributed by atoms with Crippen LogP contribution in [0.2, 0.25) is 0 Å². The first kappa shape index (κ1) is 16.6. The van der Waals surface area contributed by atoms with Crippen molar-refractivity contribution in [3.8, 4) is 11.5 Å². The number of fused-ring (bicyclic) bond motifs is 2. The van der Waals surface area contributed by atoms with Crippen molar-refractivity contribution in [1.82, 2.24) is 0 Å². The molecule has 27 heavy (non-hydrogen) atoms. The summed E-state index contributed by atoms with van der Waals surface area (Å²) in [5.74, 6) is -1.68. The number of carbonyl (C=O) groups is 2. The van der Waals surface area contributed by atoms with Gasteiger partial charge in [0.1, 0.15) is 17.1 Å². The molecule has 0 radical (unpaired) electrons. The molecule has 4 aromatic rings. The molecule has 132 valence electrons. The molecule has 0 heterocycles. The minimum absolute atomic E-state index is 0.00277. The van der Waals surface area contributed by atoms with E-state index in [1.807, 2.05) is 18.2 Å². The van der Waals surface area contributed by atoms with E-state index in [1.165, 1.54) is 12.1 Å². The fourth-order valence-electron chi connectivity index (χ4n) is 2.99. The lowest BCUT2D eigenvalue weighted by Crippen LogP contribution is -2.11. The van der Waals surface area contributed by atoms with Gasteiger partial charge >= 0.3 is 11.9 Å². The maximum Gasteiger partial charge on any atom is 0.343 e. The van der Waals surface area contributed by atoms with Gasteiger partial charge in [-0.2, -0.15) is 0 Å². The zero-order valence-electron chi connectivity index (χ0n) is 14.0. The van der Waals surface area contributed by atoms with Crippen LogP contribution in [0.3, 0.4) is 0 Å². The van der Waals surface area contributed by atoms with Gasteiger partial charge in [0, 0.05) is 0 Å². The molecule has 0 aromatic heterocycles. The lowest BCUT2D eigenvalue weighted by molar-refractivity contribution is 0.0682. The van der Waals surface area contributed by atoms with Gasteiger partial charge in [0.15, 0.2) is 0 Å². The van der Waals surface area contributed by atoms with Gasteiger partial charge < -0.3 is 14.9 Å². The number of hydrogen-bond acceptors (Lipinski definition) is 4. The van der Waals surface area contributed by atoms with E-state index in [1.54, 1.807) is 42.5 Å². The van der Waals surface area contributed by atoms with Crippen LogP contribution in [0.15, 0.2) is 72.8 Å². The molecule has 2 N–H and O–H groups in total. The number of esters is 1. The third kappa shape index (κ3) is 3.18. The number of ether oxygens (including phenoxy) is 1. The molecule has 0 atom stereocenters. The number of hydrogen-bond donors (Lipinski definition) is 2. The Morgan fingerprint density at radius 1 is 0.741 bits per heavy atom. The van der Waals surface area contributed by atoms with E-state index in [4.69, 9.17) is 4.74 Å². The molecule has 0 saturated heterocycles. The number of rotatable bonds is 3. The van der Waals surface area contributed by atoms with Crippen molar-refractivity contribution in [2.24, 2.45) is 0 Å². The Hall–Kier alpha value is -3.86. The maximum atomic E-state index is 12.6. The van der Waals surface area contributed by atoms with E-state index >= 15 is 0 Å². The number of carboxylic acids is 1. The first-order valence-electron chi connectivity index (χ1n) is 8.22. The summed E-state index contributed by atoms with van der Waals surface area (Å²) in [5, 5.41) is 22.1. The number of phenolic OH excluding ortho intramolecular Hbond substituents is 1. The summed E-state index contributed by atoms with van der Waals surface area (Å²) in [6, 6.07) is 20.0. The van der Waals surface area contributed by atoms with Crippen molar-refractivity contribution in [3.63, 3.8) is 0 Å². The van der Waals surface area contributed by atoms with Crippen molar-refractivity contribution in [2.75, 3.05) is 0 Å². The second-order valence-electron chi connectivity index (χ2n) is 6.14. The minimum Gasteiger partial charge on any atom is -0.508 e. The van der Waals surface area contributed by atoms with Crippen LogP contribution < -0.4 is 4.74 Å². The lowest BCUT2D eigenvalue weighted by atomic mass is 10.1. The maximum absolute atomic E-state index is 12.6. The number of carbonyl (C=O) groups excluding carboxylic acids is 1. The average molecular weight is 358 g/mol. The molecule has 0 amide bonds. The topological polar surface area (TPSA) is 83.8 Å². The fourth-order valence-corrected chi connectivity index (χ4v) is 2.99. The predicted octanol–water partition coefficient (Wildman–Crippen LogP) is 4.62. The van der Waals surface area contributed by atoms with E-state index in [0.717, 1.165) is 21.5 Å². The van der Waals surface area contributed by atoms with Crippen LogP contribution in [0.25, 0.3) is 21.5 Å². The van der Waals surface area contributed by atoms with Gasteiger partial charge in [0.2, 0.25) is 0 Å². The highest BCUT2D eigenvalue weighted by atomic mass is 16.5. The normalized spacial score (nSPS) is 10.8. The Bertz CT molecular complexity index is 1210. The van der Waals surface area contributed by atoms with E-state index in [0.29, 0.717) is 0 Å². The summed E-state index contributed by atoms with van der Waals surface area (Å²) in [4.78, 5) is 24.1. The highest BCUT2D eigenvalue weighted by Crippen LogP contribution is 2.28. The molecule has 5 heteroatoms. The lowest BCUT2D eigenvalue weighted by Gasteiger charge is -2.10. The number of benzene rings is 4. The fraction of sp³-hybridized carbons (Fsp3) is 0. The molecule has 0 aliphatic heterocycles. The van der Waals surface area contributed by atoms with Gasteiger partial charge in [-0.1, -0.05) is 36.4 Å². The molecule has 0 unspecified atom stereocenters. The molecule has 0 saturated carbocycles. The van der Waals surface area contributed by atoms with E-state index in [9.17, 15) is 19.8 Å². The smallest absolute Gasteiger partial charge is 0.343 e. The monoisotopic (exact) mass is 358 g/mol. The standard InChI is InChI=1S/C22H14O5/c23-18-8-7-15-9-17(6-5-16(15)10-18)22(26)27-20-12-14-4-2-1-3-13(14)11-19(20)21(24)25/h1-12,23H,(H,24,25). The Morgan fingerprint density at radius 2 is 1.37 bits per heavy atom. The zero-order chi connectivity index (χ0) is 19.0. The van der Waals surface area contributed by atoms with Gasteiger partial charge in [-0.05, 0) is 57.9 Å². The number of carboxylic acid groups (broad SMARTS) is 1. The van der Waals surface area contributed by atoms with Gasteiger partial charge in [0.25, 0.3) is 0 Å². The van der Waals surface area contributed by atoms with E-state index in [2.05, 4.69) is 0 Å². The molecule has 0 aliphatic carbocycles. The Kier molecular flexibility index (Phi) is 3.97. The number of phenols is 1. The van der Waals surface area contributed by atoms with Crippen LogP contribution in [0, 0.1) is 0 Å². The first-order valence-corrected chi connectivity index (χ1v) is 8.22. The summed E-state index contributed by atoms with van der Waals surface area (Å²) in [7, 11) is 0. The van der Waals surface area contributed by atoms with Crippen molar-refractivity contribution >= 4 is 33.5 Å². The Labute approximate surface area is 154 Å². The van der Waals surface area contributed by atoms with E-state index in [-0.39, 0.29) is 22.6 Å². The van der Waals surface area contributed by atoms with Crippen LogP contribution in [-0.4, -0.2) is 22.2 Å². The summed E-state index contributed by atoms with van der Waals surface area (Å²) >= 11 is 0. The zero-order valence-corrected chi connectivity index (χ0v) is 14.0. The van der Waals surface area contributed by atoms with Crippen LogP contribution in [0.4, 0.5) is 0 Å². The van der Waals surface area contributed by atoms with Gasteiger partial charge in [-0.25, -0.2) is 9.59 Å². The van der Waals surface area contributed by atoms with Crippen LogP contribution in [-0.2, 0) is 0 Å². The molecular formula is C22H14O5. The molecule has 0 aliphatic rings. The van der Waals surface area contributed by atoms with Crippen LogP contribution in [0.1, 0.15) is 20.7 Å². The second-order valence-corrected chi connectivity index (χ2v) is 6.14. The molecule has 0 bridgehead atoms. The molecule has 5 nitrogen and oxygen atoms in total. The van der Waals surface area contributed by atoms with Crippen molar-refractivity contribution in [3.05, 3.63) is 83.9 Å². The third-order valence-electron chi connectivity index (χ3n) is 4.34. The van der Waals surface area contributed by atoms with Crippen molar-refractivity contribution in [1.29, 1.82) is 0 Å². The highest BCUT2D eigenvalue weighted by molar-refractivity contribution is 6.01. The highest BCUT2D eigenvalue weighted by Gasteiger charge is 2.17. The minimum atomic E-state index is -1.17. The van der Waals surface area contributed by atoms with Gasteiger partial charge in [-0.15, -0.1) is 0 Å². The summed E-state index contributed by atoms with van der Waals surface area (Å²) in [5.41, 5.74) is 0.213. The molecule has 0 spiro atoms. The molecule has 4 aromatic carbocycles. The van der Waals surface area contributed by atoms with Crippen LogP contribution >= 0.6 is 0 Å². The van der Waals surface area contributed by atoms with E-state index < -0.39 is 11.9 Å². The van der Waals surface area contributed by atoms with Crippen molar-refractivity contribution < 1.29 is 24.5 Å². The second kappa shape index (κ2) is 6.46. The third-order valence-corrected chi connectivity index (χ3v) is 4.34. The summed E-state index contributed by atoms with van der Waals surface area (Å²) in [6.45, 7) is 0. The predicted molar refractivity (Wildman–Crippen MR) is 101 cm³/mol. The average Bonchev–Trinajstić information content (AvgIpc) is 2.66. The SMILES string of the molecule is O=C(Oc1cc2ccccc2cc1C(=O)O)c1ccc2cc(O)ccc2c1. The Morgan fingerprint density at radius 3 is 2.11 bits per heavy atom. The summed E-state index contributed by atoms with van der Waals surface area (Å²) < 4.78 is 5.40.